The number of aromatic nitrogens is 5. The summed E-state index contributed by atoms with van der Waals surface area (Å²) >= 11 is 1.18. The Morgan fingerprint density at radius 1 is 1.32 bits per heavy atom. The van der Waals surface area contributed by atoms with Gasteiger partial charge in [0.05, 0.1) is 23.1 Å². The summed E-state index contributed by atoms with van der Waals surface area (Å²) in [7, 11) is 0. The number of imidazole rings is 1. The largest absolute Gasteiger partial charge is 0.367 e. The highest BCUT2D eigenvalue weighted by atomic mass is 32.2. The summed E-state index contributed by atoms with van der Waals surface area (Å²) in [5, 5.41) is 24.9. The predicted octanol–water partition coefficient (Wildman–Crippen LogP) is 0.751. The van der Waals surface area contributed by atoms with E-state index in [2.05, 4.69) is 25.1 Å². The topological polar surface area (TPSA) is 111 Å². The average molecular weight is 277 g/mol. The zero-order valence-corrected chi connectivity index (χ0v) is 10.6. The van der Waals surface area contributed by atoms with E-state index in [4.69, 9.17) is 10.2 Å². The third-order valence-corrected chi connectivity index (χ3v) is 3.43. The number of fused-ring (bicyclic) bond motifs is 1. The van der Waals surface area contributed by atoms with Crippen molar-refractivity contribution >= 4 is 22.8 Å². The Morgan fingerprint density at radius 3 is 3.05 bits per heavy atom. The van der Waals surface area contributed by atoms with Gasteiger partial charge in [-0.3, -0.25) is 5.10 Å². The number of nitrogens with one attached hydrogen (secondary N) is 2. The third-order valence-electron chi connectivity index (χ3n) is 2.52. The van der Waals surface area contributed by atoms with Gasteiger partial charge in [-0.15, -0.1) is 5.10 Å². The van der Waals surface area contributed by atoms with Gasteiger partial charge < -0.3 is 15.2 Å². The number of aliphatic hydroxyl groups is 2. The van der Waals surface area contributed by atoms with E-state index in [-0.39, 0.29) is 5.75 Å². The lowest BCUT2D eigenvalue weighted by molar-refractivity contribution is -0.0186. The van der Waals surface area contributed by atoms with Crippen LogP contribution in [0.5, 0.6) is 0 Å². The number of thioether (sulfide) groups is 1. The van der Waals surface area contributed by atoms with Crippen LogP contribution in [0.25, 0.3) is 22.4 Å². The Hall–Kier alpha value is -1.90. The van der Waals surface area contributed by atoms with Gasteiger partial charge in [-0.25, -0.2) is 9.97 Å². The second-order valence-corrected chi connectivity index (χ2v) is 4.88. The zero-order chi connectivity index (χ0) is 13.2. The fraction of sp³-hybridized carbons (Fsp3) is 0.182. The molecule has 3 rings (SSSR count). The van der Waals surface area contributed by atoms with Crippen molar-refractivity contribution in [3.8, 4) is 11.4 Å². The van der Waals surface area contributed by atoms with Crippen LogP contribution in [0.15, 0.2) is 29.7 Å². The first kappa shape index (κ1) is 12.2. The molecule has 2 heterocycles. The van der Waals surface area contributed by atoms with Gasteiger partial charge in [0.25, 0.3) is 0 Å². The van der Waals surface area contributed by atoms with E-state index in [0.717, 1.165) is 16.6 Å². The van der Waals surface area contributed by atoms with Gasteiger partial charge in [-0.1, -0.05) is 11.8 Å². The Kier molecular flexibility index (Phi) is 3.20. The Morgan fingerprint density at radius 2 is 2.21 bits per heavy atom. The number of aromatic amines is 2. The van der Waals surface area contributed by atoms with E-state index < -0.39 is 6.29 Å². The molecule has 0 unspecified atom stereocenters. The van der Waals surface area contributed by atoms with Crippen LogP contribution in [0.2, 0.25) is 0 Å². The minimum absolute atomic E-state index is 0.136. The maximum absolute atomic E-state index is 8.79. The molecule has 0 radical (unpaired) electrons. The molecule has 0 amide bonds. The minimum Gasteiger partial charge on any atom is -0.367 e. The number of hydrogen-bond acceptors (Lipinski definition) is 6. The van der Waals surface area contributed by atoms with E-state index in [9.17, 15) is 0 Å². The molecular formula is C11H11N5O2S. The van der Waals surface area contributed by atoms with E-state index in [1.165, 1.54) is 11.8 Å². The Labute approximate surface area is 112 Å². The second kappa shape index (κ2) is 5.00. The van der Waals surface area contributed by atoms with Gasteiger partial charge in [-0.2, -0.15) is 0 Å². The summed E-state index contributed by atoms with van der Waals surface area (Å²) in [5.74, 6) is 0.767. The maximum atomic E-state index is 8.79. The normalized spacial score (nSPS) is 11.5. The van der Waals surface area contributed by atoms with Crippen molar-refractivity contribution in [3.05, 3.63) is 24.5 Å². The fourth-order valence-corrected chi connectivity index (χ4v) is 2.24. The Balaban J connectivity index is 1.85. The van der Waals surface area contributed by atoms with Crippen LogP contribution in [-0.4, -0.2) is 47.4 Å². The van der Waals surface area contributed by atoms with Crippen molar-refractivity contribution in [2.75, 3.05) is 5.75 Å². The van der Waals surface area contributed by atoms with Gasteiger partial charge in [0.15, 0.2) is 12.1 Å². The highest BCUT2D eigenvalue weighted by Gasteiger charge is 2.09. The number of H-pyrrole nitrogens is 2. The van der Waals surface area contributed by atoms with Gasteiger partial charge in [0.1, 0.15) is 0 Å². The van der Waals surface area contributed by atoms with Gasteiger partial charge in [0, 0.05) is 5.56 Å². The van der Waals surface area contributed by atoms with Crippen molar-refractivity contribution in [1.29, 1.82) is 0 Å². The SMILES string of the molecule is OC(O)CSc1n[nH]c(-c2ccc3nc[nH]c3c2)n1. The number of nitrogens with zero attached hydrogens (tertiary/aromatic N) is 3. The van der Waals surface area contributed by atoms with Crippen LogP contribution in [0, 0.1) is 0 Å². The van der Waals surface area contributed by atoms with Crippen molar-refractivity contribution in [3.63, 3.8) is 0 Å². The summed E-state index contributed by atoms with van der Waals surface area (Å²) in [6, 6.07) is 5.73. The first-order chi connectivity index (χ1) is 9.22. The lowest BCUT2D eigenvalue weighted by Crippen LogP contribution is -2.07. The summed E-state index contributed by atoms with van der Waals surface area (Å²) in [5.41, 5.74) is 2.70. The molecule has 0 aliphatic rings. The molecule has 8 heteroatoms. The number of aliphatic hydroxyl groups excluding tert-OH is 1. The van der Waals surface area contributed by atoms with Gasteiger partial charge >= 0.3 is 0 Å². The molecule has 1 aromatic carbocycles. The first-order valence-corrected chi connectivity index (χ1v) is 6.56. The number of hydrogen-bond donors (Lipinski definition) is 4. The molecular weight excluding hydrogens is 266 g/mol. The highest BCUT2D eigenvalue weighted by molar-refractivity contribution is 7.99. The molecule has 0 saturated heterocycles. The molecule has 0 saturated carbocycles. The average Bonchev–Trinajstić information content (AvgIpc) is 3.04. The van der Waals surface area contributed by atoms with Crippen LogP contribution in [-0.2, 0) is 0 Å². The lowest BCUT2D eigenvalue weighted by atomic mass is 10.2. The Bertz CT molecular complexity index is 693. The summed E-state index contributed by atoms with van der Waals surface area (Å²) in [4.78, 5) is 11.5. The van der Waals surface area contributed by atoms with Crippen molar-refractivity contribution in [2.24, 2.45) is 0 Å². The van der Waals surface area contributed by atoms with E-state index >= 15 is 0 Å². The van der Waals surface area contributed by atoms with E-state index in [0.29, 0.717) is 11.0 Å². The molecule has 3 aromatic rings. The smallest absolute Gasteiger partial charge is 0.208 e. The molecule has 2 aromatic heterocycles. The van der Waals surface area contributed by atoms with E-state index in [1.54, 1.807) is 6.33 Å². The molecule has 19 heavy (non-hydrogen) atoms. The van der Waals surface area contributed by atoms with Crippen molar-refractivity contribution in [1.82, 2.24) is 25.1 Å². The van der Waals surface area contributed by atoms with Crippen LogP contribution >= 0.6 is 11.8 Å². The quantitative estimate of drug-likeness (QED) is 0.414. The molecule has 4 N–H and O–H groups in total. The summed E-state index contributed by atoms with van der Waals surface area (Å²) in [6.07, 6.45) is 0.270. The van der Waals surface area contributed by atoms with Crippen LogP contribution in [0.3, 0.4) is 0 Å². The lowest BCUT2D eigenvalue weighted by Gasteiger charge is -1.98. The highest BCUT2D eigenvalue weighted by Crippen LogP contribution is 2.22. The van der Waals surface area contributed by atoms with Gasteiger partial charge in [-0.05, 0) is 18.2 Å². The summed E-state index contributed by atoms with van der Waals surface area (Å²) < 4.78 is 0. The molecule has 0 fully saturated rings. The fourth-order valence-electron chi connectivity index (χ4n) is 1.67. The first-order valence-electron chi connectivity index (χ1n) is 5.57. The molecule has 7 nitrogen and oxygen atoms in total. The summed E-state index contributed by atoms with van der Waals surface area (Å²) in [6.45, 7) is 0. The minimum atomic E-state index is -1.37. The molecule has 0 aliphatic carbocycles. The number of benzene rings is 1. The standard InChI is InChI=1S/C11H11N5O2S/c17-9(18)4-19-11-14-10(15-16-11)6-1-2-7-8(3-6)13-5-12-7/h1-3,5,9,17-18H,4H2,(H,12,13)(H,14,15,16). The number of rotatable bonds is 4. The molecule has 0 spiro atoms. The second-order valence-electron chi connectivity index (χ2n) is 3.89. The molecule has 0 bridgehead atoms. The third kappa shape index (κ3) is 2.60. The van der Waals surface area contributed by atoms with E-state index in [1.807, 2.05) is 18.2 Å². The van der Waals surface area contributed by atoms with Gasteiger partial charge in [0.2, 0.25) is 5.16 Å². The van der Waals surface area contributed by atoms with Crippen LogP contribution in [0.4, 0.5) is 0 Å². The molecule has 0 aliphatic heterocycles. The van der Waals surface area contributed by atoms with Crippen LogP contribution in [0.1, 0.15) is 0 Å². The van der Waals surface area contributed by atoms with Crippen molar-refractivity contribution in [2.45, 2.75) is 11.4 Å². The van der Waals surface area contributed by atoms with Crippen LogP contribution < -0.4 is 0 Å². The van der Waals surface area contributed by atoms with Crippen molar-refractivity contribution < 1.29 is 10.2 Å². The predicted molar refractivity (Wildman–Crippen MR) is 70.4 cm³/mol. The monoisotopic (exact) mass is 277 g/mol. The maximum Gasteiger partial charge on any atom is 0.208 e. The molecule has 0 atom stereocenters. The zero-order valence-electron chi connectivity index (χ0n) is 9.74. The molecule has 98 valence electrons.